The maximum atomic E-state index is 12.5. The van der Waals surface area contributed by atoms with Crippen LogP contribution in [0.3, 0.4) is 0 Å². The molecule has 0 fully saturated rings. The maximum Gasteiger partial charge on any atom is 0.262 e. The summed E-state index contributed by atoms with van der Waals surface area (Å²) in [7, 11) is -0.319. The van der Waals surface area contributed by atoms with Crippen molar-refractivity contribution in [1.82, 2.24) is 18.8 Å². The van der Waals surface area contributed by atoms with Crippen molar-refractivity contribution in [1.29, 1.82) is 0 Å². The van der Waals surface area contributed by atoms with Gasteiger partial charge in [-0.2, -0.15) is 4.31 Å². The molecule has 2 aromatic heterocycles. The van der Waals surface area contributed by atoms with Gasteiger partial charge < -0.3 is 4.57 Å². The molecule has 0 aliphatic rings. The van der Waals surface area contributed by atoms with E-state index < -0.39 is 10.0 Å². The van der Waals surface area contributed by atoms with Crippen molar-refractivity contribution in [2.24, 2.45) is 7.05 Å². The summed E-state index contributed by atoms with van der Waals surface area (Å²) in [5.41, 5.74) is 0.700. The molecule has 2 rings (SSSR count). The molecule has 7 heteroatoms. The molecule has 108 valence electrons. The first-order chi connectivity index (χ1) is 9.34. The molecule has 0 radical (unpaired) electrons. The van der Waals surface area contributed by atoms with Crippen molar-refractivity contribution in [3.63, 3.8) is 0 Å². The van der Waals surface area contributed by atoms with Gasteiger partial charge in [0.05, 0.1) is 11.7 Å². The number of aromatic nitrogens is 3. The van der Waals surface area contributed by atoms with Crippen LogP contribution >= 0.6 is 0 Å². The van der Waals surface area contributed by atoms with E-state index in [0.717, 1.165) is 0 Å². The van der Waals surface area contributed by atoms with E-state index in [2.05, 4.69) is 9.97 Å². The molecule has 0 aliphatic heterocycles. The average molecular weight is 294 g/mol. The summed E-state index contributed by atoms with van der Waals surface area (Å²) in [4.78, 5) is 8.29. The van der Waals surface area contributed by atoms with Gasteiger partial charge in [0.15, 0.2) is 5.03 Å². The van der Waals surface area contributed by atoms with E-state index in [0.29, 0.717) is 11.5 Å². The van der Waals surface area contributed by atoms with Crippen LogP contribution < -0.4 is 0 Å². The maximum absolute atomic E-state index is 12.5. The van der Waals surface area contributed by atoms with Crippen molar-refractivity contribution in [3.05, 3.63) is 42.1 Å². The van der Waals surface area contributed by atoms with E-state index in [1.165, 1.54) is 10.5 Å². The fourth-order valence-electron chi connectivity index (χ4n) is 1.82. The second-order valence-electron chi connectivity index (χ2n) is 4.69. The molecule has 0 spiro atoms. The molecular formula is C13H18N4O2S. The summed E-state index contributed by atoms with van der Waals surface area (Å²) in [5.74, 6) is 0.655. The van der Waals surface area contributed by atoms with Crippen LogP contribution in [-0.2, 0) is 17.1 Å². The first kappa shape index (κ1) is 14.7. The molecule has 0 aliphatic carbocycles. The molecule has 6 nitrogen and oxygen atoms in total. The number of imidazole rings is 1. The third-order valence-corrected chi connectivity index (χ3v) is 5.19. The highest BCUT2D eigenvalue weighted by Gasteiger charge is 2.29. The standard InChI is InChI=1S/C13H18N4O2S/c1-10(12-7-5-6-8-14-12)17(4)20(18,19)13-9-16(3)11(2)15-13/h5-10H,1-4H3. The largest absolute Gasteiger partial charge is 0.337 e. The zero-order valence-corrected chi connectivity index (χ0v) is 12.8. The van der Waals surface area contributed by atoms with E-state index in [4.69, 9.17) is 0 Å². The van der Waals surface area contributed by atoms with Crippen molar-refractivity contribution in [2.75, 3.05) is 7.05 Å². The monoisotopic (exact) mass is 294 g/mol. The average Bonchev–Trinajstić information content (AvgIpc) is 2.78. The van der Waals surface area contributed by atoms with Crippen molar-refractivity contribution < 1.29 is 8.42 Å². The number of nitrogens with zero attached hydrogens (tertiary/aromatic N) is 4. The lowest BCUT2D eigenvalue weighted by molar-refractivity contribution is 0.390. The summed E-state index contributed by atoms with van der Waals surface area (Å²) in [6, 6.07) is 5.08. The Balaban J connectivity index is 2.34. The SMILES string of the molecule is Cc1nc(S(=O)(=O)N(C)C(C)c2ccccn2)cn1C. The van der Waals surface area contributed by atoms with E-state index >= 15 is 0 Å². The smallest absolute Gasteiger partial charge is 0.262 e. The van der Waals surface area contributed by atoms with Crippen LogP contribution in [0.15, 0.2) is 35.6 Å². The fourth-order valence-corrected chi connectivity index (χ4v) is 3.17. The molecule has 0 saturated carbocycles. The summed E-state index contributed by atoms with van der Waals surface area (Å²) in [6.07, 6.45) is 3.17. The van der Waals surface area contributed by atoms with Gasteiger partial charge >= 0.3 is 0 Å². The highest BCUT2D eigenvalue weighted by atomic mass is 32.2. The van der Waals surface area contributed by atoms with Gasteiger partial charge in [-0.1, -0.05) is 6.07 Å². The Labute approximate surface area is 119 Å². The molecule has 2 heterocycles. The highest BCUT2D eigenvalue weighted by Crippen LogP contribution is 2.23. The number of hydrogen-bond donors (Lipinski definition) is 0. The summed E-state index contributed by atoms with van der Waals surface area (Å²) >= 11 is 0. The Bertz CT molecular complexity index is 675. The zero-order valence-electron chi connectivity index (χ0n) is 12.0. The number of pyridine rings is 1. The van der Waals surface area contributed by atoms with Gasteiger partial charge in [-0.05, 0) is 26.0 Å². The molecule has 0 aromatic carbocycles. The highest BCUT2D eigenvalue weighted by molar-refractivity contribution is 7.89. The predicted octanol–water partition coefficient (Wildman–Crippen LogP) is 1.51. The molecule has 0 N–H and O–H groups in total. The zero-order chi connectivity index (χ0) is 14.9. The third kappa shape index (κ3) is 2.59. The van der Waals surface area contributed by atoms with Gasteiger partial charge in [-0.25, -0.2) is 13.4 Å². The third-order valence-electron chi connectivity index (χ3n) is 3.39. The Hall–Kier alpha value is -1.73. The normalized spacial score (nSPS) is 13.7. The van der Waals surface area contributed by atoms with Gasteiger partial charge in [0.1, 0.15) is 5.82 Å². The van der Waals surface area contributed by atoms with E-state index in [-0.39, 0.29) is 11.1 Å². The van der Waals surface area contributed by atoms with E-state index in [1.807, 2.05) is 6.07 Å². The summed E-state index contributed by atoms with van der Waals surface area (Å²) < 4.78 is 28.0. The van der Waals surface area contributed by atoms with Crippen molar-refractivity contribution in [2.45, 2.75) is 24.9 Å². The van der Waals surface area contributed by atoms with Crippen LogP contribution in [0.5, 0.6) is 0 Å². The molecule has 0 saturated heterocycles. The van der Waals surface area contributed by atoms with Crippen LogP contribution in [0.2, 0.25) is 0 Å². The van der Waals surface area contributed by atoms with E-state index in [1.54, 1.807) is 50.8 Å². The number of hydrogen-bond acceptors (Lipinski definition) is 4. The van der Waals surface area contributed by atoms with Crippen molar-refractivity contribution in [3.8, 4) is 0 Å². The number of sulfonamides is 1. The fraction of sp³-hybridized carbons (Fsp3) is 0.385. The van der Waals surface area contributed by atoms with Gasteiger partial charge in [-0.15, -0.1) is 0 Å². The van der Waals surface area contributed by atoms with Gasteiger partial charge in [0, 0.05) is 26.5 Å². The number of aryl methyl sites for hydroxylation is 2. The molecule has 20 heavy (non-hydrogen) atoms. The van der Waals surface area contributed by atoms with Gasteiger partial charge in [0.2, 0.25) is 0 Å². The Kier molecular flexibility index (Phi) is 3.92. The van der Waals surface area contributed by atoms with Crippen LogP contribution in [0.4, 0.5) is 0 Å². The van der Waals surface area contributed by atoms with E-state index in [9.17, 15) is 8.42 Å². The number of rotatable bonds is 4. The Morgan fingerprint density at radius 3 is 2.55 bits per heavy atom. The lowest BCUT2D eigenvalue weighted by Gasteiger charge is -2.22. The Morgan fingerprint density at radius 2 is 2.05 bits per heavy atom. The molecular weight excluding hydrogens is 276 g/mol. The van der Waals surface area contributed by atoms with Crippen LogP contribution in [0.25, 0.3) is 0 Å². The first-order valence-electron chi connectivity index (χ1n) is 6.23. The second kappa shape index (κ2) is 5.34. The molecule has 1 unspecified atom stereocenters. The van der Waals surface area contributed by atoms with Crippen LogP contribution in [0.1, 0.15) is 24.5 Å². The lowest BCUT2D eigenvalue weighted by atomic mass is 10.2. The van der Waals surface area contributed by atoms with Gasteiger partial charge in [0.25, 0.3) is 10.0 Å². The lowest BCUT2D eigenvalue weighted by Crippen LogP contribution is -2.30. The molecule has 0 amide bonds. The Morgan fingerprint density at radius 1 is 1.35 bits per heavy atom. The van der Waals surface area contributed by atoms with Crippen LogP contribution in [0, 0.1) is 6.92 Å². The van der Waals surface area contributed by atoms with Crippen molar-refractivity contribution >= 4 is 10.0 Å². The van der Waals surface area contributed by atoms with Gasteiger partial charge in [-0.3, -0.25) is 4.98 Å². The predicted molar refractivity (Wildman–Crippen MR) is 75.5 cm³/mol. The quantitative estimate of drug-likeness (QED) is 0.857. The first-order valence-corrected chi connectivity index (χ1v) is 7.67. The summed E-state index contributed by atoms with van der Waals surface area (Å²) in [5, 5.41) is 0.0581. The minimum absolute atomic E-state index is 0.0581. The second-order valence-corrected chi connectivity index (χ2v) is 6.63. The topological polar surface area (TPSA) is 68.1 Å². The minimum Gasteiger partial charge on any atom is -0.337 e. The van der Waals surface area contributed by atoms with Crippen LogP contribution in [-0.4, -0.2) is 34.3 Å². The summed E-state index contributed by atoms with van der Waals surface area (Å²) in [6.45, 7) is 3.57. The molecule has 0 bridgehead atoms. The molecule has 1 atom stereocenters. The minimum atomic E-state index is -3.63. The molecule has 2 aromatic rings.